The minimum atomic E-state index is -3.60. The number of carbonyl (C=O) groups excluding carboxylic acids is 1. The Morgan fingerprint density at radius 2 is 1.94 bits per heavy atom. The van der Waals surface area contributed by atoms with Crippen molar-refractivity contribution in [1.29, 1.82) is 0 Å². The van der Waals surface area contributed by atoms with Gasteiger partial charge in [0.2, 0.25) is 0 Å². The Hall–Kier alpha value is -2.46. The number of aromatic nitrogens is 3. The number of sulfone groups is 1. The number of halogens is 1. The Balaban J connectivity index is 1.73. The number of hydrogen-bond acceptors (Lipinski definition) is 7. The Morgan fingerprint density at radius 1 is 1.21 bits per heavy atom. The molecular weight excluding hydrogens is 477 g/mol. The molecule has 0 spiro atoms. The summed E-state index contributed by atoms with van der Waals surface area (Å²) in [6, 6.07) is 1.98. The predicted molar refractivity (Wildman–Crippen MR) is 129 cm³/mol. The summed E-state index contributed by atoms with van der Waals surface area (Å²) in [5.41, 5.74) is 0.175. The largest absolute Gasteiger partial charge is 0.297 e. The topological polar surface area (TPSA) is 99.0 Å². The van der Waals surface area contributed by atoms with E-state index in [-0.39, 0.29) is 27.3 Å². The predicted octanol–water partition coefficient (Wildman–Crippen LogP) is 4.50. The average molecular weight is 506 g/mol. The molecule has 1 saturated carbocycles. The zero-order valence-corrected chi connectivity index (χ0v) is 20.9. The van der Waals surface area contributed by atoms with Gasteiger partial charge >= 0.3 is 0 Å². The molecule has 34 heavy (non-hydrogen) atoms. The van der Waals surface area contributed by atoms with Crippen LogP contribution in [0.2, 0.25) is 0 Å². The molecule has 1 fully saturated rings. The van der Waals surface area contributed by atoms with Gasteiger partial charge in [-0.05, 0) is 38.3 Å². The number of hydrogen-bond donors (Lipinski definition) is 0. The van der Waals surface area contributed by atoms with E-state index in [4.69, 9.17) is 0 Å². The van der Waals surface area contributed by atoms with Crippen molar-refractivity contribution in [2.75, 3.05) is 0 Å². The molecule has 1 atom stereocenters. The second-order valence-corrected chi connectivity index (χ2v) is 12.5. The van der Waals surface area contributed by atoms with Crippen molar-refractivity contribution in [3.63, 3.8) is 0 Å². The molecule has 0 aromatic carbocycles. The third kappa shape index (κ3) is 4.98. The number of nitrogens with zero attached hydrogens (tertiary/aromatic N) is 3. The lowest BCUT2D eigenvalue weighted by atomic mass is 9.83. The van der Waals surface area contributed by atoms with Crippen LogP contribution in [0.4, 0.5) is 4.39 Å². The number of ketones is 1. The van der Waals surface area contributed by atoms with Gasteiger partial charge in [0, 0.05) is 11.1 Å². The molecule has 3 aromatic rings. The Morgan fingerprint density at radius 3 is 2.59 bits per heavy atom. The first kappa shape index (κ1) is 24.7. The molecule has 0 saturated heterocycles. The van der Waals surface area contributed by atoms with Gasteiger partial charge in [-0.2, -0.15) is 0 Å². The third-order valence-corrected chi connectivity index (χ3v) is 9.80. The van der Waals surface area contributed by atoms with Crippen LogP contribution in [0, 0.1) is 11.7 Å². The van der Waals surface area contributed by atoms with Crippen molar-refractivity contribution in [2.45, 2.75) is 75.0 Å². The van der Waals surface area contributed by atoms with E-state index in [1.165, 1.54) is 34.8 Å². The molecule has 4 rings (SSSR count). The smallest absolute Gasteiger partial charge is 0.272 e. The van der Waals surface area contributed by atoms with E-state index in [0.717, 1.165) is 43.2 Å². The summed E-state index contributed by atoms with van der Waals surface area (Å²) in [5.74, 6) is -0.364. The molecule has 1 unspecified atom stereocenters. The molecule has 0 bridgehead atoms. The van der Waals surface area contributed by atoms with Gasteiger partial charge in [-0.1, -0.05) is 32.1 Å². The van der Waals surface area contributed by atoms with Crippen molar-refractivity contribution in [3.8, 4) is 0 Å². The van der Waals surface area contributed by atoms with Crippen LogP contribution in [0.3, 0.4) is 0 Å². The highest BCUT2D eigenvalue weighted by Crippen LogP contribution is 2.33. The highest BCUT2D eigenvalue weighted by Gasteiger charge is 2.30. The average Bonchev–Trinajstić information content (AvgIpc) is 3.26. The monoisotopic (exact) mass is 505 g/mol. The SMILES string of the molecule is CC(C)S(=O)(=O)c1csc2c(=O)n(C(CC3CCCCC3)C(=O)Cc3ccc(F)cn3)cnc12. The van der Waals surface area contributed by atoms with E-state index in [1.54, 1.807) is 13.8 Å². The number of carbonyl (C=O) groups is 1. The van der Waals surface area contributed by atoms with Crippen LogP contribution in [0.25, 0.3) is 10.2 Å². The first-order valence-corrected chi connectivity index (χ1v) is 14.0. The van der Waals surface area contributed by atoms with E-state index in [2.05, 4.69) is 9.97 Å². The number of rotatable bonds is 8. The van der Waals surface area contributed by atoms with Gasteiger partial charge in [0.05, 0.1) is 30.2 Å². The Bertz CT molecular complexity index is 1340. The van der Waals surface area contributed by atoms with Crippen LogP contribution in [0.5, 0.6) is 0 Å². The van der Waals surface area contributed by atoms with Crippen molar-refractivity contribution in [2.24, 2.45) is 5.92 Å². The van der Waals surface area contributed by atoms with Gasteiger partial charge in [-0.25, -0.2) is 17.8 Å². The fraction of sp³-hybridized carbons (Fsp3) is 0.500. The molecule has 3 heterocycles. The first-order valence-electron chi connectivity index (χ1n) is 11.5. The van der Waals surface area contributed by atoms with Crippen molar-refractivity contribution in [3.05, 3.63) is 51.9 Å². The maximum atomic E-state index is 13.4. The molecule has 7 nitrogen and oxygen atoms in total. The summed E-state index contributed by atoms with van der Waals surface area (Å²) in [5, 5.41) is 0.817. The zero-order chi connectivity index (χ0) is 24.5. The Labute approximate surface area is 202 Å². The minimum absolute atomic E-state index is 0.0282. The fourth-order valence-corrected chi connectivity index (χ4v) is 7.02. The second-order valence-electron chi connectivity index (χ2n) is 9.19. The fourth-order valence-electron chi connectivity index (χ4n) is 4.52. The van der Waals surface area contributed by atoms with E-state index >= 15 is 0 Å². The van der Waals surface area contributed by atoms with Gasteiger partial charge in [0.25, 0.3) is 5.56 Å². The lowest BCUT2D eigenvalue weighted by molar-refractivity contribution is -0.122. The zero-order valence-electron chi connectivity index (χ0n) is 19.2. The minimum Gasteiger partial charge on any atom is -0.297 e. The first-order chi connectivity index (χ1) is 16.2. The lowest BCUT2D eigenvalue weighted by Gasteiger charge is -2.27. The summed E-state index contributed by atoms with van der Waals surface area (Å²) in [6.45, 7) is 3.17. The maximum Gasteiger partial charge on any atom is 0.272 e. The summed E-state index contributed by atoms with van der Waals surface area (Å²) < 4.78 is 40.2. The molecule has 0 radical (unpaired) electrons. The lowest BCUT2D eigenvalue weighted by Crippen LogP contribution is -2.33. The van der Waals surface area contributed by atoms with E-state index in [1.807, 2.05) is 0 Å². The molecule has 1 aliphatic carbocycles. The summed E-state index contributed by atoms with van der Waals surface area (Å²) in [6.07, 6.45) is 8.22. The van der Waals surface area contributed by atoms with E-state index in [0.29, 0.717) is 18.0 Å². The van der Waals surface area contributed by atoms with Crippen molar-refractivity contribution < 1.29 is 17.6 Å². The molecule has 3 aromatic heterocycles. The van der Waals surface area contributed by atoms with Crippen LogP contribution in [0.1, 0.15) is 64.1 Å². The summed E-state index contributed by atoms with van der Waals surface area (Å²) in [7, 11) is -3.60. The van der Waals surface area contributed by atoms with Gasteiger partial charge < -0.3 is 0 Å². The molecular formula is C24H28FN3O4S2. The normalized spacial score (nSPS) is 16.2. The van der Waals surface area contributed by atoms with Crippen LogP contribution in [-0.4, -0.2) is 34.0 Å². The molecule has 0 N–H and O–H groups in total. The summed E-state index contributed by atoms with van der Waals surface area (Å²) in [4.78, 5) is 35.2. The highest BCUT2D eigenvalue weighted by atomic mass is 32.2. The van der Waals surface area contributed by atoms with Crippen LogP contribution < -0.4 is 5.56 Å². The van der Waals surface area contributed by atoms with Crippen molar-refractivity contribution >= 4 is 37.2 Å². The van der Waals surface area contributed by atoms with Crippen LogP contribution >= 0.6 is 11.3 Å². The van der Waals surface area contributed by atoms with E-state index < -0.39 is 32.5 Å². The number of thiophene rings is 1. The molecule has 1 aliphatic rings. The second kappa shape index (κ2) is 10.0. The Kier molecular flexibility index (Phi) is 7.28. The summed E-state index contributed by atoms with van der Waals surface area (Å²) >= 11 is 1.04. The van der Waals surface area contributed by atoms with Crippen molar-refractivity contribution in [1.82, 2.24) is 14.5 Å². The van der Waals surface area contributed by atoms with E-state index in [9.17, 15) is 22.4 Å². The van der Waals surface area contributed by atoms with Gasteiger partial charge in [-0.15, -0.1) is 11.3 Å². The quantitative estimate of drug-likeness (QED) is 0.447. The molecule has 10 heteroatoms. The molecule has 182 valence electrons. The number of fused-ring (bicyclic) bond motifs is 1. The number of Topliss-reactive ketones (excluding diaryl/α,β-unsaturated/α-hetero) is 1. The molecule has 0 amide bonds. The van der Waals surface area contributed by atoms with Crippen LogP contribution in [0.15, 0.2) is 39.7 Å². The van der Waals surface area contributed by atoms with Crippen LogP contribution in [-0.2, 0) is 21.1 Å². The van der Waals surface area contributed by atoms with Gasteiger partial charge in [-0.3, -0.25) is 19.1 Å². The van der Waals surface area contributed by atoms with Gasteiger partial charge in [0.1, 0.15) is 20.9 Å². The highest BCUT2D eigenvalue weighted by molar-refractivity contribution is 7.92. The maximum absolute atomic E-state index is 13.4. The standard InChI is InChI=1S/C24H28FN3O4S2/c1-15(2)34(31,32)21-13-33-23-22(21)27-14-28(24(23)30)19(10-16-6-4-3-5-7-16)20(29)11-18-9-8-17(25)12-26-18/h8-9,12-16,19H,3-7,10-11H2,1-2H3. The molecule has 0 aliphatic heterocycles. The van der Waals surface area contributed by atoms with Gasteiger partial charge in [0.15, 0.2) is 15.6 Å². The number of pyridine rings is 1. The third-order valence-electron chi connectivity index (χ3n) is 6.53.